The number of carbonyl (C=O) groups excluding carboxylic acids is 2. The minimum atomic E-state index is -0.340. The van der Waals surface area contributed by atoms with E-state index >= 15 is 0 Å². The second-order valence-electron chi connectivity index (χ2n) is 8.32. The van der Waals surface area contributed by atoms with Gasteiger partial charge >= 0.3 is 0 Å². The van der Waals surface area contributed by atoms with Gasteiger partial charge in [-0.05, 0) is 49.8 Å². The monoisotopic (exact) mass is 435 g/mol. The first-order valence-corrected chi connectivity index (χ1v) is 11.6. The molecule has 0 aromatic heterocycles. The van der Waals surface area contributed by atoms with Crippen molar-refractivity contribution in [2.45, 2.75) is 71.4 Å². The summed E-state index contributed by atoms with van der Waals surface area (Å²) in [4.78, 5) is 28.8. The molecule has 0 aliphatic carbocycles. The number of nitrogens with zero attached hydrogens (tertiary/aromatic N) is 2. The minimum absolute atomic E-state index is 0.0287. The first-order chi connectivity index (χ1) is 15.0. The van der Waals surface area contributed by atoms with Gasteiger partial charge in [-0.2, -0.15) is 0 Å². The molecule has 1 heterocycles. The van der Waals surface area contributed by atoms with Gasteiger partial charge in [-0.15, -0.1) is 0 Å². The molecule has 0 radical (unpaired) electrons. The van der Waals surface area contributed by atoms with Crippen molar-refractivity contribution in [3.05, 3.63) is 29.6 Å². The van der Waals surface area contributed by atoms with Gasteiger partial charge in [-0.1, -0.05) is 19.9 Å². The van der Waals surface area contributed by atoms with Crippen LogP contribution in [0, 0.1) is 5.82 Å². The van der Waals surface area contributed by atoms with Crippen LogP contribution in [0.15, 0.2) is 18.2 Å². The Morgan fingerprint density at radius 1 is 1.16 bits per heavy atom. The van der Waals surface area contributed by atoms with E-state index in [1.807, 2.05) is 11.0 Å². The van der Waals surface area contributed by atoms with Crippen LogP contribution in [-0.4, -0.2) is 60.9 Å². The molecule has 1 fully saturated rings. The summed E-state index contributed by atoms with van der Waals surface area (Å²) < 4.78 is 18.8. The minimum Gasteiger partial charge on any atom is -0.494 e. The van der Waals surface area contributed by atoms with Gasteiger partial charge in [-0.3, -0.25) is 14.5 Å². The molecule has 0 unspecified atom stereocenters. The van der Waals surface area contributed by atoms with Gasteiger partial charge in [0.1, 0.15) is 0 Å². The Hall–Kier alpha value is -2.15. The number of hydrogen-bond donors (Lipinski definition) is 1. The van der Waals surface area contributed by atoms with Crippen LogP contribution in [0.5, 0.6) is 5.75 Å². The maximum Gasteiger partial charge on any atom is 0.222 e. The van der Waals surface area contributed by atoms with Crippen LogP contribution in [-0.2, 0) is 16.1 Å². The maximum atomic E-state index is 13.9. The molecule has 2 rings (SSSR count). The summed E-state index contributed by atoms with van der Waals surface area (Å²) in [5.74, 6) is 0.101. The molecule has 0 atom stereocenters. The maximum absolute atomic E-state index is 13.9. The van der Waals surface area contributed by atoms with Crippen LogP contribution in [0.1, 0.15) is 64.4 Å². The molecule has 2 amide bonds. The van der Waals surface area contributed by atoms with Crippen molar-refractivity contribution in [2.24, 2.45) is 0 Å². The summed E-state index contributed by atoms with van der Waals surface area (Å²) >= 11 is 0. The van der Waals surface area contributed by atoms with E-state index in [0.29, 0.717) is 25.8 Å². The Morgan fingerprint density at radius 3 is 2.42 bits per heavy atom. The van der Waals surface area contributed by atoms with Crippen LogP contribution < -0.4 is 10.1 Å². The van der Waals surface area contributed by atoms with E-state index in [9.17, 15) is 14.0 Å². The summed E-state index contributed by atoms with van der Waals surface area (Å²) in [5.41, 5.74) is 0.922. The molecule has 0 bridgehead atoms. The van der Waals surface area contributed by atoms with Crippen molar-refractivity contribution in [1.29, 1.82) is 0 Å². The lowest BCUT2D eigenvalue weighted by atomic mass is 10.0. The summed E-state index contributed by atoms with van der Waals surface area (Å²) in [5, 5.41) is 3.11. The van der Waals surface area contributed by atoms with Gasteiger partial charge < -0.3 is 15.0 Å². The molecule has 6 nitrogen and oxygen atoms in total. The standard InChI is InChI=1S/C24H38FN3O3/c1-4-13-28(14-5-2)24(30)8-6-7-23(29)26-20-11-15-27(16-12-20)18-19-9-10-22(31-3)21(25)17-19/h9-10,17,20H,4-8,11-16,18H2,1-3H3,(H,26,29). The highest BCUT2D eigenvalue weighted by Gasteiger charge is 2.21. The largest absolute Gasteiger partial charge is 0.494 e. The Kier molecular flexibility index (Phi) is 10.8. The summed E-state index contributed by atoms with van der Waals surface area (Å²) in [6, 6.07) is 5.24. The van der Waals surface area contributed by atoms with Gasteiger partial charge in [0, 0.05) is 51.6 Å². The third kappa shape index (κ3) is 8.48. The number of piperidine rings is 1. The van der Waals surface area contributed by atoms with Crippen molar-refractivity contribution in [1.82, 2.24) is 15.1 Å². The fraction of sp³-hybridized carbons (Fsp3) is 0.667. The average Bonchev–Trinajstić information content (AvgIpc) is 2.75. The molecule has 1 aromatic carbocycles. The van der Waals surface area contributed by atoms with Crippen molar-refractivity contribution in [2.75, 3.05) is 33.3 Å². The Bertz CT molecular complexity index is 699. The summed E-state index contributed by atoms with van der Waals surface area (Å²) in [7, 11) is 1.46. The highest BCUT2D eigenvalue weighted by Crippen LogP contribution is 2.20. The quantitative estimate of drug-likeness (QED) is 0.543. The lowest BCUT2D eigenvalue weighted by Gasteiger charge is -2.32. The van der Waals surface area contributed by atoms with E-state index < -0.39 is 0 Å². The number of benzene rings is 1. The highest BCUT2D eigenvalue weighted by molar-refractivity contribution is 5.79. The predicted octanol–water partition coefficient (Wildman–Crippen LogP) is 3.73. The molecule has 1 N–H and O–H groups in total. The van der Waals surface area contributed by atoms with E-state index in [-0.39, 0.29) is 29.4 Å². The molecular weight excluding hydrogens is 397 g/mol. The Morgan fingerprint density at radius 2 is 1.84 bits per heavy atom. The normalized spacial score (nSPS) is 15.0. The molecule has 1 saturated heterocycles. The first kappa shape index (κ1) is 25.1. The molecule has 0 spiro atoms. The third-order valence-electron chi connectivity index (χ3n) is 5.71. The third-order valence-corrected chi connectivity index (χ3v) is 5.71. The van der Waals surface area contributed by atoms with Crippen LogP contribution in [0.25, 0.3) is 0 Å². The zero-order valence-corrected chi connectivity index (χ0v) is 19.3. The molecule has 31 heavy (non-hydrogen) atoms. The number of rotatable bonds is 12. The molecule has 7 heteroatoms. The Balaban J connectivity index is 1.66. The fourth-order valence-electron chi connectivity index (χ4n) is 4.06. The second kappa shape index (κ2) is 13.3. The number of hydrogen-bond acceptors (Lipinski definition) is 4. The molecule has 174 valence electrons. The van der Waals surface area contributed by atoms with Gasteiger partial charge in [-0.25, -0.2) is 4.39 Å². The number of amides is 2. The van der Waals surface area contributed by atoms with Gasteiger partial charge in [0.05, 0.1) is 7.11 Å². The van der Waals surface area contributed by atoms with E-state index in [2.05, 4.69) is 24.1 Å². The zero-order chi connectivity index (χ0) is 22.6. The van der Waals surface area contributed by atoms with E-state index in [4.69, 9.17) is 4.74 Å². The van der Waals surface area contributed by atoms with Crippen LogP contribution >= 0.6 is 0 Å². The number of nitrogens with one attached hydrogen (secondary N) is 1. The summed E-state index contributed by atoms with van der Waals surface area (Å²) in [6.07, 6.45) is 5.09. The lowest BCUT2D eigenvalue weighted by molar-refractivity contribution is -0.131. The van der Waals surface area contributed by atoms with Crippen LogP contribution in [0.3, 0.4) is 0 Å². The molecular formula is C24H38FN3O3. The highest BCUT2D eigenvalue weighted by atomic mass is 19.1. The van der Waals surface area contributed by atoms with Gasteiger partial charge in [0.15, 0.2) is 11.6 Å². The van der Waals surface area contributed by atoms with E-state index in [1.165, 1.54) is 13.2 Å². The zero-order valence-electron chi connectivity index (χ0n) is 19.3. The van der Waals surface area contributed by atoms with Crippen LogP contribution in [0.4, 0.5) is 4.39 Å². The average molecular weight is 436 g/mol. The first-order valence-electron chi connectivity index (χ1n) is 11.6. The smallest absolute Gasteiger partial charge is 0.222 e. The van der Waals surface area contributed by atoms with Crippen molar-refractivity contribution >= 4 is 11.8 Å². The molecule has 0 saturated carbocycles. The molecule has 1 aliphatic heterocycles. The SMILES string of the molecule is CCCN(CCC)C(=O)CCCC(=O)NC1CCN(Cc2ccc(OC)c(F)c2)CC1. The fourth-order valence-corrected chi connectivity index (χ4v) is 4.06. The van der Waals surface area contributed by atoms with Crippen molar-refractivity contribution < 1.29 is 18.7 Å². The predicted molar refractivity (Wildman–Crippen MR) is 120 cm³/mol. The number of halogens is 1. The van der Waals surface area contributed by atoms with E-state index in [1.54, 1.807) is 6.07 Å². The van der Waals surface area contributed by atoms with Gasteiger partial charge in [0.2, 0.25) is 11.8 Å². The van der Waals surface area contributed by atoms with Crippen molar-refractivity contribution in [3.63, 3.8) is 0 Å². The van der Waals surface area contributed by atoms with Crippen LogP contribution in [0.2, 0.25) is 0 Å². The van der Waals surface area contributed by atoms with E-state index in [0.717, 1.165) is 57.4 Å². The molecule has 1 aliphatic rings. The topological polar surface area (TPSA) is 61.9 Å². The number of carbonyl (C=O) groups is 2. The Labute approximate surface area is 186 Å². The molecule has 1 aromatic rings. The summed E-state index contributed by atoms with van der Waals surface area (Å²) in [6.45, 7) is 8.14. The second-order valence-corrected chi connectivity index (χ2v) is 8.32. The number of ether oxygens (including phenoxy) is 1. The number of methoxy groups -OCH3 is 1. The van der Waals surface area contributed by atoms with Crippen molar-refractivity contribution in [3.8, 4) is 5.75 Å². The van der Waals surface area contributed by atoms with Gasteiger partial charge in [0.25, 0.3) is 0 Å². The lowest BCUT2D eigenvalue weighted by Crippen LogP contribution is -2.44. The number of likely N-dealkylation sites (tertiary alicyclic amines) is 1.